The molecule has 0 spiro atoms. The predicted molar refractivity (Wildman–Crippen MR) is 84.3 cm³/mol. The molecule has 0 aromatic heterocycles. The monoisotopic (exact) mass is 346 g/mol. The first-order valence-electron chi connectivity index (χ1n) is 6.12. The number of ether oxygens (including phenoxy) is 1. The van der Waals surface area contributed by atoms with E-state index in [0.29, 0.717) is 12.2 Å². The Balaban J connectivity index is 2.35. The number of halogens is 2. The van der Waals surface area contributed by atoms with E-state index in [2.05, 4.69) is 0 Å². The van der Waals surface area contributed by atoms with Crippen LogP contribution in [0.1, 0.15) is 18.1 Å². The number of fused-ring (bicyclic) bond motifs is 1. The zero-order chi connectivity index (χ0) is 15.5. The van der Waals surface area contributed by atoms with Gasteiger partial charge in [-0.05, 0) is 34.5 Å². The summed E-state index contributed by atoms with van der Waals surface area (Å²) in [4.78, 5) is 10.6. The normalized spacial score (nSPS) is 13.1. The molecule has 7 heteroatoms. The number of rotatable bonds is 6. The molecule has 0 amide bonds. The molecule has 0 bridgehead atoms. The molecule has 2 aromatic carbocycles. The highest BCUT2D eigenvalue weighted by Crippen LogP contribution is 2.57. The number of hydrogen-bond acceptors (Lipinski definition) is 4. The van der Waals surface area contributed by atoms with Crippen molar-refractivity contribution in [2.24, 2.45) is 0 Å². The molecule has 4 nitrogen and oxygen atoms in total. The number of hydrogen-bond donors (Lipinski definition) is 0. The third-order valence-electron chi connectivity index (χ3n) is 3.01. The molecule has 0 saturated heterocycles. The van der Waals surface area contributed by atoms with Gasteiger partial charge in [0.25, 0.3) is 0 Å². The predicted octanol–water partition coefficient (Wildman–Crippen LogP) is 5.08. The Hall–Kier alpha value is -1.06. The standard InChI is InChI=1S/C14H13Cl2O4P/c1-19-14(6-7-17)12-3-2-11-9-13(20-21(15,16)18)5-4-10(11)8-12/h2-5,7-9,14H,6H2,1H3. The Kier molecular flexibility index (Phi) is 5.28. The highest BCUT2D eigenvalue weighted by Gasteiger charge is 2.16. The first-order valence-corrected chi connectivity index (χ1v) is 9.55. The van der Waals surface area contributed by atoms with Crippen molar-refractivity contribution in [3.63, 3.8) is 0 Å². The molecule has 1 atom stereocenters. The van der Waals surface area contributed by atoms with E-state index in [-0.39, 0.29) is 6.10 Å². The van der Waals surface area contributed by atoms with Crippen LogP contribution in [0.4, 0.5) is 0 Å². The quantitative estimate of drug-likeness (QED) is 0.540. The van der Waals surface area contributed by atoms with Crippen LogP contribution in [0.5, 0.6) is 5.75 Å². The van der Waals surface area contributed by atoms with Gasteiger partial charge in [0, 0.05) is 36.0 Å². The second kappa shape index (κ2) is 6.80. The number of benzene rings is 2. The summed E-state index contributed by atoms with van der Waals surface area (Å²) in [5.74, 6) is 0.333. The molecule has 2 rings (SSSR count). The molecule has 0 aliphatic rings. The number of carbonyl (C=O) groups excluding carboxylic acids is 1. The highest BCUT2D eigenvalue weighted by molar-refractivity contribution is 8.05. The maximum absolute atomic E-state index is 11.2. The van der Waals surface area contributed by atoms with E-state index in [9.17, 15) is 9.36 Å². The van der Waals surface area contributed by atoms with Crippen molar-refractivity contribution in [1.29, 1.82) is 0 Å². The fourth-order valence-electron chi connectivity index (χ4n) is 2.08. The molecular formula is C14H13Cl2O4P. The fraction of sp³-hybridized carbons (Fsp3) is 0.214. The smallest absolute Gasteiger partial charge is 0.422 e. The Morgan fingerprint density at radius 3 is 2.48 bits per heavy atom. The van der Waals surface area contributed by atoms with Gasteiger partial charge in [-0.15, -0.1) is 0 Å². The summed E-state index contributed by atoms with van der Waals surface area (Å²) >= 11 is 10.8. The van der Waals surface area contributed by atoms with Gasteiger partial charge in [-0.2, -0.15) is 0 Å². The van der Waals surface area contributed by atoms with E-state index in [1.807, 2.05) is 18.2 Å². The minimum atomic E-state index is -3.62. The molecule has 0 fully saturated rings. The van der Waals surface area contributed by atoms with E-state index >= 15 is 0 Å². The van der Waals surface area contributed by atoms with Gasteiger partial charge in [0.2, 0.25) is 0 Å². The van der Waals surface area contributed by atoms with E-state index in [4.69, 9.17) is 31.7 Å². The minimum absolute atomic E-state index is 0.270. The number of methoxy groups -OCH3 is 1. The number of carbonyl (C=O) groups is 1. The van der Waals surface area contributed by atoms with E-state index in [1.165, 1.54) is 0 Å². The summed E-state index contributed by atoms with van der Waals surface area (Å²) in [5.41, 5.74) is 0.908. The molecule has 1 unspecified atom stereocenters. The zero-order valence-corrected chi connectivity index (χ0v) is 13.6. The van der Waals surface area contributed by atoms with Crippen LogP contribution in [0.15, 0.2) is 36.4 Å². The Bertz CT molecular complexity index is 698. The second-order valence-electron chi connectivity index (χ2n) is 4.40. The van der Waals surface area contributed by atoms with Gasteiger partial charge in [-0.1, -0.05) is 18.2 Å². The van der Waals surface area contributed by atoms with Crippen LogP contribution in [-0.2, 0) is 14.1 Å². The average Bonchev–Trinajstić information content (AvgIpc) is 2.42. The summed E-state index contributed by atoms with van der Waals surface area (Å²) in [6, 6.07) is 10.8. The maximum atomic E-state index is 11.2. The van der Waals surface area contributed by atoms with Crippen molar-refractivity contribution >= 4 is 45.6 Å². The molecular weight excluding hydrogens is 334 g/mol. The molecule has 0 radical (unpaired) electrons. The number of aldehydes is 1. The SMILES string of the molecule is COC(CC=O)c1ccc2cc(OP(=O)(Cl)Cl)ccc2c1. The lowest BCUT2D eigenvalue weighted by Gasteiger charge is -2.14. The maximum Gasteiger partial charge on any atom is 0.428 e. The van der Waals surface area contributed by atoms with E-state index < -0.39 is 6.07 Å². The van der Waals surface area contributed by atoms with E-state index in [1.54, 1.807) is 25.3 Å². The minimum Gasteiger partial charge on any atom is -0.422 e. The van der Waals surface area contributed by atoms with Gasteiger partial charge in [-0.3, -0.25) is 0 Å². The van der Waals surface area contributed by atoms with Crippen molar-refractivity contribution in [2.75, 3.05) is 7.11 Å². The van der Waals surface area contributed by atoms with Crippen LogP contribution in [0.3, 0.4) is 0 Å². The third-order valence-corrected chi connectivity index (χ3v) is 3.85. The van der Waals surface area contributed by atoms with Gasteiger partial charge in [0.15, 0.2) is 0 Å². The van der Waals surface area contributed by atoms with Crippen LogP contribution in [0.2, 0.25) is 0 Å². The molecule has 0 aliphatic carbocycles. The molecule has 0 heterocycles. The fourth-order valence-corrected chi connectivity index (χ4v) is 2.91. The lowest BCUT2D eigenvalue weighted by Crippen LogP contribution is -2.01. The summed E-state index contributed by atoms with van der Waals surface area (Å²) in [7, 11) is 1.56. The molecule has 2 aromatic rings. The van der Waals surface area contributed by atoms with Gasteiger partial charge in [-0.25, -0.2) is 4.57 Å². The Morgan fingerprint density at radius 1 is 1.19 bits per heavy atom. The second-order valence-corrected chi connectivity index (χ2v) is 8.60. The van der Waals surface area contributed by atoms with Crippen molar-refractivity contribution in [3.8, 4) is 5.75 Å². The van der Waals surface area contributed by atoms with Gasteiger partial charge in [0.05, 0.1) is 6.10 Å². The first kappa shape index (κ1) is 16.3. The topological polar surface area (TPSA) is 52.6 Å². The largest absolute Gasteiger partial charge is 0.428 e. The summed E-state index contributed by atoms with van der Waals surface area (Å²) in [5, 5.41) is 1.81. The van der Waals surface area contributed by atoms with Crippen molar-refractivity contribution in [3.05, 3.63) is 42.0 Å². The van der Waals surface area contributed by atoms with Crippen LogP contribution in [-0.4, -0.2) is 13.4 Å². The first-order chi connectivity index (χ1) is 9.93. The summed E-state index contributed by atoms with van der Waals surface area (Å²) < 4.78 is 21.5. The molecule has 0 saturated carbocycles. The molecule has 0 aliphatic heterocycles. The lowest BCUT2D eigenvalue weighted by atomic mass is 10.0. The third kappa shape index (κ3) is 4.45. The van der Waals surface area contributed by atoms with Gasteiger partial charge >= 0.3 is 6.07 Å². The Labute approximate surface area is 132 Å². The highest BCUT2D eigenvalue weighted by atomic mass is 35.9. The van der Waals surface area contributed by atoms with Crippen LogP contribution >= 0.6 is 28.6 Å². The van der Waals surface area contributed by atoms with Crippen molar-refractivity contribution in [1.82, 2.24) is 0 Å². The van der Waals surface area contributed by atoms with Crippen LogP contribution in [0.25, 0.3) is 10.8 Å². The molecule has 112 valence electrons. The lowest BCUT2D eigenvalue weighted by molar-refractivity contribution is -0.110. The van der Waals surface area contributed by atoms with Gasteiger partial charge in [0.1, 0.15) is 12.0 Å². The van der Waals surface area contributed by atoms with Gasteiger partial charge < -0.3 is 14.1 Å². The van der Waals surface area contributed by atoms with Crippen molar-refractivity contribution in [2.45, 2.75) is 12.5 Å². The summed E-state index contributed by atoms with van der Waals surface area (Å²) in [6.45, 7) is 0. The Morgan fingerprint density at radius 2 is 1.86 bits per heavy atom. The van der Waals surface area contributed by atoms with E-state index in [0.717, 1.165) is 22.6 Å². The van der Waals surface area contributed by atoms with Crippen molar-refractivity contribution < 1.29 is 18.6 Å². The average molecular weight is 347 g/mol. The molecule has 21 heavy (non-hydrogen) atoms. The van der Waals surface area contributed by atoms with Crippen LogP contribution in [0, 0.1) is 0 Å². The molecule has 0 N–H and O–H groups in total. The zero-order valence-electron chi connectivity index (χ0n) is 11.2. The summed E-state index contributed by atoms with van der Waals surface area (Å²) in [6.07, 6.45) is -2.77. The van der Waals surface area contributed by atoms with Crippen LogP contribution < -0.4 is 4.52 Å².